The van der Waals surface area contributed by atoms with Crippen molar-refractivity contribution in [2.75, 3.05) is 26.2 Å². The van der Waals surface area contributed by atoms with E-state index in [-0.39, 0.29) is 31.1 Å². The van der Waals surface area contributed by atoms with E-state index in [1.807, 2.05) is 27.7 Å². The van der Waals surface area contributed by atoms with Gasteiger partial charge in [-0.05, 0) is 45.3 Å². The molecular formula is C17H25BN2O6S. The van der Waals surface area contributed by atoms with Crippen molar-refractivity contribution >= 4 is 28.7 Å². The summed E-state index contributed by atoms with van der Waals surface area (Å²) in [5.41, 5.74) is -0.179. The molecule has 0 atom stereocenters. The van der Waals surface area contributed by atoms with Crippen LogP contribution in [-0.2, 0) is 19.3 Å². The summed E-state index contributed by atoms with van der Waals surface area (Å²) in [4.78, 5) is 12.4. The Hall–Kier alpha value is -1.62. The van der Waals surface area contributed by atoms with Crippen molar-refractivity contribution in [2.45, 2.75) is 43.8 Å². The maximum absolute atomic E-state index is 12.8. The normalized spacial score (nSPS) is 22.8. The third kappa shape index (κ3) is 3.71. The van der Waals surface area contributed by atoms with Gasteiger partial charge in [-0.1, -0.05) is 12.1 Å². The van der Waals surface area contributed by atoms with Crippen molar-refractivity contribution in [1.82, 2.24) is 9.21 Å². The van der Waals surface area contributed by atoms with Gasteiger partial charge in [-0.2, -0.15) is 4.31 Å². The van der Waals surface area contributed by atoms with Crippen LogP contribution < -0.4 is 5.46 Å². The second-order valence-corrected chi connectivity index (χ2v) is 9.77. The van der Waals surface area contributed by atoms with Crippen LogP contribution in [0.2, 0.25) is 0 Å². The van der Waals surface area contributed by atoms with Gasteiger partial charge < -0.3 is 19.3 Å². The molecule has 0 spiro atoms. The van der Waals surface area contributed by atoms with E-state index in [0.717, 1.165) is 5.46 Å². The summed E-state index contributed by atoms with van der Waals surface area (Å²) in [7, 11) is -4.22. The Bertz CT molecular complexity index is 800. The second-order valence-electron chi connectivity index (χ2n) is 7.83. The Morgan fingerprint density at radius 2 is 1.48 bits per heavy atom. The van der Waals surface area contributed by atoms with Crippen LogP contribution in [0.3, 0.4) is 0 Å². The van der Waals surface area contributed by atoms with Gasteiger partial charge in [-0.15, -0.1) is 0 Å². The van der Waals surface area contributed by atoms with Crippen LogP contribution >= 0.6 is 0 Å². The molecule has 1 aromatic carbocycles. The number of hydrogen-bond donors (Lipinski definition) is 1. The molecule has 2 aliphatic heterocycles. The Morgan fingerprint density at radius 1 is 1.00 bits per heavy atom. The van der Waals surface area contributed by atoms with Crippen molar-refractivity contribution < 1.29 is 27.6 Å². The van der Waals surface area contributed by atoms with Crippen LogP contribution in [0.15, 0.2) is 29.2 Å². The first-order valence-electron chi connectivity index (χ1n) is 8.88. The van der Waals surface area contributed by atoms with Gasteiger partial charge in [-0.25, -0.2) is 13.2 Å². The number of benzene rings is 1. The first kappa shape index (κ1) is 20.1. The summed E-state index contributed by atoms with van der Waals surface area (Å²) < 4.78 is 38.9. The van der Waals surface area contributed by atoms with Gasteiger partial charge in [0.2, 0.25) is 10.0 Å². The third-order valence-corrected chi connectivity index (χ3v) is 7.47. The number of carboxylic acid groups (broad SMARTS) is 1. The summed E-state index contributed by atoms with van der Waals surface area (Å²) in [5, 5.41) is 8.99. The number of sulfonamides is 1. The number of nitrogens with zero attached hydrogens (tertiary/aromatic N) is 2. The fourth-order valence-electron chi connectivity index (χ4n) is 3.04. The first-order chi connectivity index (χ1) is 12.4. The number of carbonyl (C=O) groups is 1. The molecule has 10 heteroatoms. The molecule has 1 aromatic rings. The quantitative estimate of drug-likeness (QED) is 0.765. The average Bonchev–Trinajstić information content (AvgIpc) is 2.83. The molecule has 8 nitrogen and oxygen atoms in total. The van der Waals surface area contributed by atoms with Crippen LogP contribution in [0.25, 0.3) is 0 Å². The van der Waals surface area contributed by atoms with Crippen molar-refractivity contribution in [3.8, 4) is 0 Å². The zero-order chi connectivity index (χ0) is 20.0. The standard InChI is InChI=1S/C17H25BN2O6S/c1-16(2)17(3,4)26-18(25-16)13-5-7-14(8-6-13)27(23,24)20-11-9-19(10-12-20)15(21)22/h5-8H,9-12H2,1-4H3,(H,21,22). The minimum atomic E-state index is -3.67. The van der Waals surface area contributed by atoms with E-state index in [0.29, 0.717) is 0 Å². The first-order valence-corrected chi connectivity index (χ1v) is 10.3. The monoisotopic (exact) mass is 396 g/mol. The molecule has 1 N–H and O–H groups in total. The van der Waals surface area contributed by atoms with Crippen LogP contribution in [0.5, 0.6) is 0 Å². The molecule has 0 aliphatic carbocycles. The molecule has 2 fully saturated rings. The van der Waals surface area contributed by atoms with Gasteiger partial charge in [-0.3, -0.25) is 0 Å². The van der Waals surface area contributed by atoms with Crippen molar-refractivity contribution in [2.24, 2.45) is 0 Å². The van der Waals surface area contributed by atoms with E-state index in [1.54, 1.807) is 24.3 Å². The average molecular weight is 396 g/mol. The minimum absolute atomic E-state index is 0.146. The zero-order valence-corrected chi connectivity index (χ0v) is 16.8. The highest BCUT2D eigenvalue weighted by Crippen LogP contribution is 2.36. The highest BCUT2D eigenvalue weighted by Gasteiger charge is 2.51. The molecular weight excluding hydrogens is 371 g/mol. The molecule has 0 saturated carbocycles. The third-order valence-electron chi connectivity index (χ3n) is 5.55. The van der Waals surface area contributed by atoms with E-state index < -0.39 is 34.4 Å². The van der Waals surface area contributed by atoms with Crippen LogP contribution in [-0.4, -0.2) is 73.3 Å². The predicted molar refractivity (Wildman–Crippen MR) is 101 cm³/mol. The van der Waals surface area contributed by atoms with E-state index in [9.17, 15) is 13.2 Å². The molecule has 2 aliphatic rings. The molecule has 0 radical (unpaired) electrons. The highest BCUT2D eigenvalue weighted by molar-refractivity contribution is 7.89. The van der Waals surface area contributed by atoms with Crippen molar-refractivity contribution in [1.29, 1.82) is 0 Å². The Kier molecular flexibility index (Phi) is 5.05. The summed E-state index contributed by atoms with van der Waals surface area (Å²) in [5.74, 6) is 0. The lowest BCUT2D eigenvalue weighted by molar-refractivity contribution is 0.00578. The number of amides is 1. The van der Waals surface area contributed by atoms with Crippen molar-refractivity contribution in [3.05, 3.63) is 24.3 Å². The number of rotatable bonds is 3. The maximum Gasteiger partial charge on any atom is 0.494 e. The fourth-order valence-corrected chi connectivity index (χ4v) is 4.47. The van der Waals surface area contributed by atoms with Gasteiger partial charge in [0, 0.05) is 26.2 Å². The number of piperazine rings is 1. The fraction of sp³-hybridized carbons (Fsp3) is 0.588. The Morgan fingerprint density at radius 3 is 1.93 bits per heavy atom. The van der Waals surface area contributed by atoms with Gasteiger partial charge in [0.1, 0.15) is 0 Å². The summed E-state index contributed by atoms with van der Waals surface area (Å²) in [6.45, 7) is 8.47. The molecule has 3 rings (SSSR count). The SMILES string of the molecule is CC1(C)OB(c2ccc(S(=O)(=O)N3CCN(C(=O)O)CC3)cc2)OC1(C)C. The lowest BCUT2D eigenvalue weighted by Gasteiger charge is -2.32. The highest BCUT2D eigenvalue weighted by atomic mass is 32.2. The van der Waals surface area contributed by atoms with Gasteiger partial charge >= 0.3 is 13.2 Å². The molecule has 0 aromatic heterocycles. The van der Waals surface area contributed by atoms with E-state index in [2.05, 4.69) is 0 Å². The van der Waals surface area contributed by atoms with Crippen molar-refractivity contribution in [3.63, 3.8) is 0 Å². The summed E-state index contributed by atoms with van der Waals surface area (Å²) in [6, 6.07) is 6.48. The molecule has 27 heavy (non-hydrogen) atoms. The van der Waals surface area contributed by atoms with Gasteiger partial charge in [0.25, 0.3) is 0 Å². The smallest absolute Gasteiger partial charge is 0.465 e. The molecule has 0 unspecified atom stereocenters. The molecule has 2 heterocycles. The van der Waals surface area contributed by atoms with Crippen LogP contribution in [0.1, 0.15) is 27.7 Å². The minimum Gasteiger partial charge on any atom is -0.465 e. The van der Waals surface area contributed by atoms with E-state index in [4.69, 9.17) is 14.4 Å². The lowest BCUT2D eigenvalue weighted by atomic mass is 9.79. The summed E-state index contributed by atoms with van der Waals surface area (Å²) >= 11 is 0. The van der Waals surface area contributed by atoms with Crippen LogP contribution in [0, 0.1) is 0 Å². The summed E-state index contributed by atoms with van der Waals surface area (Å²) in [6.07, 6.45) is -1.03. The number of hydrogen-bond acceptors (Lipinski definition) is 5. The van der Waals surface area contributed by atoms with Crippen LogP contribution in [0.4, 0.5) is 4.79 Å². The molecule has 0 bridgehead atoms. The molecule has 1 amide bonds. The Labute approximate surface area is 160 Å². The topological polar surface area (TPSA) is 96.4 Å². The zero-order valence-electron chi connectivity index (χ0n) is 16.0. The molecule has 148 valence electrons. The lowest BCUT2D eigenvalue weighted by Crippen LogP contribution is -2.50. The Balaban J connectivity index is 1.73. The maximum atomic E-state index is 12.8. The second kappa shape index (κ2) is 6.77. The molecule has 2 saturated heterocycles. The predicted octanol–water partition coefficient (Wildman–Crippen LogP) is 0.970. The van der Waals surface area contributed by atoms with E-state index >= 15 is 0 Å². The van der Waals surface area contributed by atoms with Gasteiger partial charge in [0.05, 0.1) is 16.1 Å². The van der Waals surface area contributed by atoms with E-state index in [1.165, 1.54) is 9.21 Å². The van der Waals surface area contributed by atoms with Gasteiger partial charge in [0.15, 0.2) is 0 Å². The largest absolute Gasteiger partial charge is 0.494 e.